The van der Waals surface area contributed by atoms with E-state index in [-0.39, 0.29) is 5.56 Å². The van der Waals surface area contributed by atoms with E-state index in [1.165, 1.54) is 6.07 Å². The van der Waals surface area contributed by atoms with Crippen molar-refractivity contribution in [2.75, 3.05) is 6.61 Å². The molecule has 1 aromatic heterocycles. The van der Waals surface area contributed by atoms with Crippen molar-refractivity contribution < 1.29 is 4.74 Å². The molecule has 0 unspecified atom stereocenters. The topological polar surface area (TPSA) is 78.8 Å². The second-order valence-corrected chi connectivity index (χ2v) is 4.33. The van der Waals surface area contributed by atoms with Gasteiger partial charge in [-0.1, -0.05) is 13.3 Å². The van der Waals surface area contributed by atoms with Crippen LogP contribution in [0.1, 0.15) is 25.3 Å². The van der Waals surface area contributed by atoms with Gasteiger partial charge in [0.2, 0.25) is 0 Å². The number of rotatable bonds is 5. The first-order chi connectivity index (χ1) is 9.74. The summed E-state index contributed by atoms with van der Waals surface area (Å²) in [6, 6.07) is 10.7. The third-order valence-electron chi connectivity index (χ3n) is 2.84. The van der Waals surface area contributed by atoms with Gasteiger partial charge in [0, 0.05) is 5.56 Å². The third-order valence-corrected chi connectivity index (χ3v) is 2.84. The number of unbranched alkanes of at least 4 members (excludes halogenated alkanes) is 1. The van der Waals surface area contributed by atoms with Gasteiger partial charge in [-0.3, -0.25) is 4.79 Å². The molecular formula is C15H15N3O2. The SMILES string of the molecule is CCCCOc1ccc(-c2cc(C#N)c(=O)[nH]n2)cc1. The van der Waals surface area contributed by atoms with Crippen LogP contribution in [-0.2, 0) is 0 Å². The Hall–Kier alpha value is -2.61. The maximum Gasteiger partial charge on any atom is 0.282 e. The number of nitrogens with zero attached hydrogens (tertiary/aromatic N) is 2. The highest BCUT2D eigenvalue weighted by Crippen LogP contribution is 2.20. The molecule has 0 aliphatic carbocycles. The lowest BCUT2D eigenvalue weighted by Gasteiger charge is -2.06. The Bertz CT molecular complexity index is 669. The minimum absolute atomic E-state index is 0.0540. The summed E-state index contributed by atoms with van der Waals surface area (Å²) in [6.07, 6.45) is 2.12. The van der Waals surface area contributed by atoms with Crippen molar-refractivity contribution in [2.24, 2.45) is 0 Å². The standard InChI is InChI=1S/C15H15N3O2/c1-2-3-8-20-13-6-4-11(5-7-13)14-9-12(10-16)15(19)18-17-14/h4-7,9H,2-3,8H2,1H3,(H,18,19). The molecule has 20 heavy (non-hydrogen) atoms. The van der Waals surface area contributed by atoms with Crippen molar-refractivity contribution in [3.05, 3.63) is 46.2 Å². The van der Waals surface area contributed by atoms with Gasteiger partial charge in [-0.2, -0.15) is 10.4 Å². The Morgan fingerprint density at radius 1 is 1.35 bits per heavy atom. The predicted octanol–water partition coefficient (Wildman–Crippen LogP) is 2.49. The maximum atomic E-state index is 11.3. The molecule has 0 aliphatic heterocycles. The van der Waals surface area contributed by atoms with Gasteiger partial charge >= 0.3 is 0 Å². The number of aromatic nitrogens is 2. The molecule has 5 nitrogen and oxygen atoms in total. The number of ether oxygens (including phenoxy) is 1. The van der Waals surface area contributed by atoms with E-state index < -0.39 is 5.56 Å². The van der Waals surface area contributed by atoms with Gasteiger partial charge in [0.1, 0.15) is 17.4 Å². The van der Waals surface area contributed by atoms with Crippen molar-refractivity contribution >= 4 is 0 Å². The lowest BCUT2D eigenvalue weighted by Crippen LogP contribution is -2.11. The zero-order valence-electron chi connectivity index (χ0n) is 11.2. The summed E-state index contributed by atoms with van der Waals surface area (Å²) in [5, 5.41) is 15.1. The Kier molecular flexibility index (Phi) is 4.51. The van der Waals surface area contributed by atoms with Gasteiger partial charge in [-0.15, -0.1) is 0 Å². The second-order valence-electron chi connectivity index (χ2n) is 4.33. The van der Waals surface area contributed by atoms with Crippen molar-refractivity contribution in [1.29, 1.82) is 5.26 Å². The van der Waals surface area contributed by atoms with E-state index in [4.69, 9.17) is 10.00 Å². The fourth-order valence-electron chi connectivity index (χ4n) is 1.69. The number of nitriles is 1. The number of aromatic amines is 1. The van der Waals surface area contributed by atoms with Crippen LogP contribution < -0.4 is 10.3 Å². The van der Waals surface area contributed by atoms with E-state index in [0.29, 0.717) is 12.3 Å². The van der Waals surface area contributed by atoms with Crippen LogP contribution in [0, 0.1) is 11.3 Å². The summed E-state index contributed by atoms with van der Waals surface area (Å²) in [7, 11) is 0. The van der Waals surface area contributed by atoms with Gasteiger partial charge in [0.25, 0.3) is 5.56 Å². The lowest BCUT2D eigenvalue weighted by molar-refractivity contribution is 0.309. The first-order valence-electron chi connectivity index (χ1n) is 6.47. The van der Waals surface area contributed by atoms with E-state index in [9.17, 15) is 4.79 Å². The molecule has 1 N–H and O–H groups in total. The lowest BCUT2D eigenvalue weighted by atomic mass is 10.1. The molecule has 1 heterocycles. The molecular weight excluding hydrogens is 254 g/mol. The minimum Gasteiger partial charge on any atom is -0.494 e. The first kappa shape index (κ1) is 13.8. The zero-order chi connectivity index (χ0) is 14.4. The number of hydrogen-bond donors (Lipinski definition) is 1. The third kappa shape index (κ3) is 3.23. The zero-order valence-corrected chi connectivity index (χ0v) is 11.2. The summed E-state index contributed by atoms with van der Waals surface area (Å²) < 4.78 is 5.57. The highest BCUT2D eigenvalue weighted by atomic mass is 16.5. The molecule has 0 bridgehead atoms. The van der Waals surface area contributed by atoms with Crippen molar-refractivity contribution in [3.63, 3.8) is 0 Å². The molecule has 5 heteroatoms. The summed E-state index contributed by atoms with van der Waals surface area (Å²) in [6.45, 7) is 2.81. The maximum absolute atomic E-state index is 11.3. The summed E-state index contributed by atoms with van der Waals surface area (Å²) >= 11 is 0. The van der Waals surface area contributed by atoms with Crippen molar-refractivity contribution in [2.45, 2.75) is 19.8 Å². The van der Waals surface area contributed by atoms with Crippen LogP contribution >= 0.6 is 0 Å². The highest BCUT2D eigenvalue weighted by molar-refractivity contribution is 5.60. The number of benzene rings is 1. The molecule has 2 rings (SSSR count). The highest BCUT2D eigenvalue weighted by Gasteiger charge is 2.05. The van der Waals surface area contributed by atoms with Crippen LogP contribution in [0.3, 0.4) is 0 Å². The van der Waals surface area contributed by atoms with Crippen molar-refractivity contribution in [3.8, 4) is 23.1 Å². The van der Waals surface area contributed by atoms with Crippen LogP contribution in [0.4, 0.5) is 0 Å². The van der Waals surface area contributed by atoms with Gasteiger partial charge in [0.05, 0.1) is 12.3 Å². The van der Waals surface area contributed by atoms with E-state index in [1.54, 1.807) is 0 Å². The molecule has 0 fully saturated rings. The average Bonchev–Trinajstić information content (AvgIpc) is 2.49. The van der Waals surface area contributed by atoms with E-state index >= 15 is 0 Å². The molecule has 2 aromatic rings. The van der Waals surface area contributed by atoms with Gasteiger partial charge in [-0.05, 0) is 36.8 Å². The van der Waals surface area contributed by atoms with E-state index in [1.807, 2.05) is 30.3 Å². The first-order valence-corrected chi connectivity index (χ1v) is 6.47. The van der Waals surface area contributed by atoms with Gasteiger partial charge in [-0.25, -0.2) is 5.10 Å². The molecule has 0 amide bonds. The fraction of sp³-hybridized carbons (Fsp3) is 0.267. The van der Waals surface area contributed by atoms with Gasteiger partial charge < -0.3 is 4.74 Å². The Morgan fingerprint density at radius 2 is 2.10 bits per heavy atom. The summed E-state index contributed by atoms with van der Waals surface area (Å²) in [5.41, 5.74) is 0.955. The largest absolute Gasteiger partial charge is 0.494 e. The average molecular weight is 269 g/mol. The number of H-pyrrole nitrogens is 1. The molecule has 0 atom stereocenters. The molecule has 0 radical (unpaired) electrons. The predicted molar refractivity (Wildman–Crippen MR) is 75.4 cm³/mol. The van der Waals surface area contributed by atoms with Crippen LogP contribution in [0.5, 0.6) is 5.75 Å². The number of nitrogens with one attached hydrogen (secondary N) is 1. The second kappa shape index (κ2) is 6.53. The minimum atomic E-state index is -0.476. The molecule has 0 spiro atoms. The Labute approximate surface area is 116 Å². The molecule has 0 saturated carbocycles. The van der Waals surface area contributed by atoms with Crippen LogP contribution in [0.15, 0.2) is 35.1 Å². The summed E-state index contributed by atoms with van der Waals surface area (Å²) in [4.78, 5) is 11.3. The van der Waals surface area contributed by atoms with Crippen LogP contribution in [0.2, 0.25) is 0 Å². The van der Waals surface area contributed by atoms with Gasteiger partial charge in [0.15, 0.2) is 0 Å². The Balaban J connectivity index is 2.18. The molecule has 1 aromatic carbocycles. The van der Waals surface area contributed by atoms with Crippen LogP contribution in [-0.4, -0.2) is 16.8 Å². The van der Waals surface area contributed by atoms with E-state index in [0.717, 1.165) is 24.2 Å². The number of hydrogen-bond acceptors (Lipinski definition) is 4. The Morgan fingerprint density at radius 3 is 2.75 bits per heavy atom. The van der Waals surface area contributed by atoms with E-state index in [2.05, 4.69) is 17.1 Å². The quantitative estimate of drug-likeness (QED) is 0.846. The fourth-order valence-corrected chi connectivity index (χ4v) is 1.69. The molecule has 102 valence electrons. The smallest absolute Gasteiger partial charge is 0.282 e. The van der Waals surface area contributed by atoms with Crippen LogP contribution in [0.25, 0.3) is 11.3 Å². The van der Waals surface area contributed by atoms with Crippen molar-refractivity contribution in [1.82, 2.24) is 10.2 Å². The molecule has 0 aliphatic rings. The monoisotopic (exact) mass is 269 g/mol. The normalized spacial score (nSPS) is 10.0. The molecule has 0 saturated heterocycles. The summed E-state index contributed by atoms with van der Waals surface area (Å²) in [5.74, 6) is 0.798.